The molecule has 2 atom stereocenters. The zero-order chi connectivity index (χ0) is 17.2. The van der Waals surface area contributed by atoms with Crippen LogP contribution in [0.2, 0.25) is 0 Å². The van der Waals surface area contributed by atoms with Gasteiger partial charge in [0.1, 0.15) is 6.29 Å². The number of nitrogens with zero attached hydrogens (tertiary/aromatic N) is 1. The zero-order valence-electron chi connectivity index (χ0n) is 14.8. The van der Waals surface area contributed by atoms with E-state index < -0.39 is 0 Å². The third-order valence-corrected chi connectivity index (χ3v) is 6.18. The fourth-order valence-electron chi connectivity index (χ4n) is 3.13. The molecule has 1 heterocycles. The molecule has 3 rings (SSSR count). The standard InChI is InChI=1S/C21H25NOS/c1-15-10-19(9-8-18(15)7-6-16-4-5-16)20-11-17(13-22-20)12-21(2,14-23)24-3/h8-10,14,16-17H,4-5,11-13H2,1-3H3. The molecular weight excluding hydrogens is 314 g/mol. The van der Waals surface area contributed by atoms with Gasteiger partial charge in [0.05, 0.1) is 4.75 Å². The molecule has 0 bridgehead atoms. The van der Waals surface area contributed by atoms with Crippen LogP contribution in [0, 0.1) is 30.6 Å². The minimum atomic E-state index is -0.284. The number of carbonyl (C=O) groups is 1. The van der Waals surface area contributed by atoms with E-state index in [1.165, 1.54) is 29.7 Å². The summed E-state index contributed by atoms with van der Waals surface area (Å²) in [5, 5.41) is 0. The van der Waals surface area contributed by atoms with Crippen LogP contribution in [0.4, 0.5) is 0 Å². The van der Waals surface area contributed by atoms with Crippen molar-refractivity contribution in [1.82, 2.24) is 0 Å². The summed E-state index contributed by atoms with van der Waals surface area (Å²) in [5.41, 5.74) is 4.76. The van der Waals surface area contributed by atoms with Crippen molar-refractivity contribution < 1.29 is 4.79 Å². The Bertz CT molecular complexity index is 723. The highest BCUT2D eigenvalue weighted by Crippen LogP contribution is 2.33. The Morgan fingerprint density at radius 1 is 1.42 bits per heavy atom. The van der Waals surface area contributed by atoms with Gasteiger partial charge >= 0.3 is 0 Å². The summed E-state index contributed by atoms with van der Waals surface area (Å²) in [7, 11) is 0. The summed E-state index contributed by atoms with van der Waals surface area (Å²) in [5.74, 6) is 7.75. The van der Waals surface area contributed by atoms with E-state index in [2.05, 4.69) is 37.0 Å². The fourth-order valence-corrected chi connectivity index (χ4v) is 3.63. The van der Waals surface area contributed by atoms with Gasteiger partial charge in [-0.3, -0.25) is 4.99 Å². The summed E-state index contributed by atoms with van der Waals surface area (Å²) in [6.07, 6.45) is 7.49. The van der Waals surface area contributed by atoms with E-state index in [0.717, 1.165) is 31.2 Å². The molecule has 1 saturated carbocycles. The first-order valence-electron chi connectivity index (χ1n) is 8.70. The second-order valence-electron chi connectivity index (χ2n) is 7.27. The molecule has 1 aliphatic heterocycles. The molecule has 0 saturated heterocycles. The minimum absolute atomic E-state index is 0.284. The summed E-state index contributed by atoms with van der Waals surface area (Å²) in [6.45, 7) is 4.99. The Morgan fingerprint density at radius 2 is 2.21 bits per heavy atom. The Balaban J connectivity index is 1.66. The molecule has 3 heteroatoms. The summed E-state index contributed by atoms with van der Waals surface area (Å²) >= 11 is 1.64. The van der Waals surface area contributed by atoms with Crippen LogP contribution < -0.4 is 0 Å². The van der Waals surface area contributed by atoms with Crippen molar-refractivity contribution in [1.29, 1.82) is 0 Å². The first-order valence-corrected chi connectivity index (χ1v) is 9.93. The third kappa shape index (κ3) is 4.11. The van der Waals surface area contributed by atoms with E-state index in [-0.39, 0.29) is 4.75 Å². The lowest BCUT2D eigenvalue weighted by atomic mass is 9.91. The smallest absolute Gasteiger partial charge is 0.135 e. The number of benzene rings is 1. The van der Waals surface area contributed by atoms with Crippen molar-refractivity contribution in [2.75, 3.05) is 12.8 Å². The van der Waals surface area contributed by atoms with Gasteiger partial charge < -0.3 is 4.79 Å². The minimum Gasteiger partial charge on any atom is -0.302 e. The maximum atomic E-state index is 11.3. The van der Waals surface area contributed by atoms with Crippen LogP contribution >= 0.6 is 11.8 Å². The van der Waals surface area contributed by atoms with Gasteiger partial charge in [0, 0.05) is 23.7 Å². The molecule has 126 valence electrons. The molecule has 1 aromatic rings. The average molecular weight is 340 g/mol. The first kappa shape index (κ1) is 17.3. The molecule has 2 aliphatic rings. The van der Waals surface area contributed by atoms with E-state index in [1.54, 1.807) is 11.8 Å². The van der Waals surface area contributed by atoms with Gasteiger partial charge in [-0.2, -0.15) is 11.8 Å². The van der Waals surface area contributed by atoms with Crippen LogP contribution in [0.25, 0.3) is 0 Å². The molecule has 0 amide bonds. The molecule has 24 heavy (non-hydrogen) atoms. The SMILES string of the molecule is CSC(C)(C=O)CC1CN=C(c2ccc(C#CC3CC3)c(C)c2)C1. The second-order valence-corrected chi connectivity index (χ2v) is 8.61. The fraction of sp³-hybridized carbons (Fsp3) is 0.524. The van der Waals surface area contributed by atoms with Crippen molar-refractivity contribution in [2.24, 2.45) is 16.8 Å². The molecule has 2 nitrogen and oxygen atoms in total. The van der Waals surface area contributed by atoms with Gasteiger partial charge in [-0.1, -0.05) is 17.9 Å². The van der Waals surface area contributed by atoms with Gasteiger partial charge in [0.2, 0.25) is 0 Å². The normalized spacial score (nSPS) is 22.3. The lowest BCUT2D eigenvalue weighted by Crippen LogP contribution is -2.26. The predicted octanol–water partition coefficient (Wildman–Crippen LogP) is 4.28. The molecule has 1 fully saturated rings. The Kier molecular flexibility index (Phi) is 5.15. The first-order chi connectivity index (χ1) is 11.5. The van der Waals surface area contributed by atoms with Gasteiger partial charge in [-0.25, -0.2) is 0 Å². The van der Waals surface area contributed by atoms with Crippen molar-refractivity contribution in [2.45, 2.75) is 44.3 Å². The third-order valence-electron chi connectivity index (χ3n) is 4.98. The average Bonchev–Trinajstić information content (AvgIpc) is 3.31. The Labute approximate surface area is 149 Å². The van der Waals surface area contributed by atoms with Crippen LogP contribution in [-0.4, -0.2) is 29.5 Å². The maximum absolute atomic E-state index is 11.3. The van der Waals surface area contributed by atoms with Crippen LogP contribution in [0.3, 0.4) is 0 Å². The lowest BCUT2D eigenvalue weighted by Gasteiger charge is -2.23. The summed E-state index contributed by atoms with van der Waals surface area (Å²) < 4.78 is -0.284. The second kappa shape index (κ2) is 7.15. The molecule has 1 aromatic carbocycles. The topological polar surface area (TPSA) is 29.4 Å². The highest BCUT2D eigenvalue weighted by Gasteiger charge is 2.30. The van der Waals surface area contributed by atoms with E-state index in [4.69, 9.17) is 4.99 Å². The van der Waals surface area contributed by atoms with Crippen LogP contribution in [0.5, 0.6) is 0 Å². The van der Waals surface area contributed by atoms with Crippen LogP contribution in [0.1, 0.15) is 49.3 Å². The number of rotatable bonds is 5. The molecule has 0 spiro atoms. The largest absolute Gasteiger partial charge is 0.302 e. The molecule has 2 unspecified atom stereocenters. The highest BCUT2D eigenvalue weighted by molar-refractivity contribution is 8.00. The Morgan fingerprint density at radius 3 is 2.83 bits per heavy atom. The number of hydrogen-bond donors (Lipinski definition) is 0. The van der Waals surface area contributed by atoms with Crippen molar-refractivity contribution in [3.05, 3.63) is 34.9 Å². The molecule has 0 aromatic heterocycles. The van der Waals surface area contributed by atoms with Gasteiger partial charge in [0.15, 0.2) is 0 Å². The van der Waals surface area contributed by atoms with E-state index >= 15 is 0 Å². The van der Waals surface area contributed by atoms with E-state index in [1.807, 2.05) is 13.2 Å². The molecular formula is C21H25NOS. The van der Waals surface area contributed by atoms with Crippen LogP contribution in [-0.2, 0) is 4.79 Å². The number of hydrogen-bond acceptors (Lipinski definition) is 3. The number of carbonyl (C=O) groups excluding carboxylic acids is 1. The summed E-state index contributed by atoms with van der Waals surface area (Å²) in [6, 6.07) is 6.50. The summed E-state index contributed by atoms with van der Waals surface area (Å²) in [4.78, 5) is 16.1. The van der Waals surface area contributed by atoms with Crippen LogP contribution in [0.15, 0.2) is 23.2 Å². The molecule has 0 radical (unpaired) electrons. The van der Waals surface area contributed by atoms with Gasteiger partial charge in [-0.15, -0.1) is 0 Å². The quantitative estimate of drug-likeness (QED) is 0.592. The number of aldehydes is 1. The van der Waals surface area contributed by atoms with Crippen molar-refractivity contribution >= 4 is 23.8 Å². The number of thioether (sulfide) groups is 1. The van der Waals surface area contributed by atoms with E-state index in [9.17, 15) is 4.79 Å². The number of aliphatic imine (C=N–C) groups is 1. The maximum Gasteiger partial charge on any atom is 0.135 e. The monoisotopic (exact) mass is 339 g/mol. The van der Waals surface area contributed by atoms with Gasteiger partial charge in [-0.05, 0) is 75.0 Å². The van der Waals surface area contributed by atoms with Crippen molar-refractivity contribution in [3.63, 3.8) is 0 Å². The predicted molar refractivity (Wildman–Crippen MR) is 103 cm³/mol. The highest BCUT2D eigenvalue weighted by atomic mass is 32.2. The van der Waals surface area contributed by atoms with Gasteiger partial charge in [0.25, 0.3) is 0 Å². The molecule has 0 N–H and O–H groups in total. The Hall–Kier alpha value is -1.53. The lowest BCUT2D eigenvalue weighted by molar-refractivity contribution is -0.109. The zero-order valence-corrected chi connectivity index (χ0v) is 15.6. The molecule has 1 aliphatic carbocycles. The van der Waals surface area contributed by atoms with E-state index in [0.29, 0.717) is 11.8 Å². The van der Waals surface area contributed by atoms with Crippen molar-refractivity contribution in [3.8, 4) is 11.8 Å². The number of aryl methyl sites for hydroxylation is 1.